The first-order valence-corrected chi connectivity index (χ1v) is 8.30. The zero-order chi connectivity index (χ0) is 15.8. The second-order valence-corrected chi connectivity index (χ2v) is 8.98. The highest BCUT2D eigenvalue weighted by molar-refractivity contribution is 5.35. The zero-order valence-corrected chi connectivity index (χ0v) is 15.4. The van der Waals surface area contributed by atoms with Crippen LogP contribution >= 0.6 is 0 Å². The first kappa shape index (κ1) is 17.5. The molecule has 2 atom stereocenters. The molecular weight excluding hydrogens is 240 g/mol. The van der Waals surface area contributed by atoms with E-state index in [2.05, 4.69) is 80.5 Å². The van der Waals surface area contributed by atoms with E-state index in [0.717, 1.165) is 0 Å². The third kappa shape index (κ3) is 2.51. The highest BCUT2D eigenvalue weighted by Gasteiger charge is 2.57. The van der Waals surface area contributed by atoms with Crippen LogP contribution in [0.15, 0.2) is 23.8 Å². The molecule has 0 aromatic carbocycles. The van der Waals surface area contributed by atoms with Gasteiger partial charge < -0.3 is 0 Å². The van der Waals surface area contributed by atoms with E-state index in [1.165, 1.54) is 19.3 Å². The molecule has 0 radical (unpaired) electrons. The Morgan fingerprint density at radius 2 is 1.50 bits per heavy atom. The minimum absolute atomic E-state index is 0.177. The molecule has 0 aliphatic heterocycles. The first-order valence-electron chi connectivity index (χ1n) is 8.30. The summed E-state index contributed by atoms with van der Waals surface area (Å²) in [6, 6.07) is 0. The molecule has 116 valence electrons. The quantitative estimate of drug-likeness (QED) is 0.533. The molecule has 0 heteroatoms. The number of unbranched alkanes of at least 4 members (excludes halogenated alkanes) is 1. The molecular formula is C20H36. The second kappa shape index (κ2) is 5.35. The molecule has 0 bridgehead atoms. The van der Waals surface area contributed by atoms with Crippen molar-refractivity contribution in [1.29, 1.82) is 0 Å². The highest BCUT2D eigenvalue weighted by atomic mass is 14.6. The number of allylic oxidation sites excluding steroid dienone is 4. The van der Waals surface area contributed by atoms with Crippen LogP contribution in [-0.4, -0.2) is 0 Å². The van der Waals surface area contributed by atoms with Gasteiger partial charge in [-0.3, -0.25) is 0 Å². The fourth-order valence-corrected chi connectivity index (χ4v) is 3.98. The molecule has 0 heterocycles. The molecule has 0 fully saturated rings. The Morgan fingerprint density at radius 3 is 1.90 bits per heavy atom. The Morgan fingerprint density at radius 1 is 0.950 bits per heavy atom. The lowest BCUT2D eigenvalue weighted by Crippen LogP contribution is -2.54. The van der Waals surface area contributed by atoms with E-state index in [4.69, 9.17) is 0 Å². The summed E-state index contributed by atoms with van der Waals surface area (Å²) in [5.41, 5.74) is 2.52. The SMILES string of the molecule is CCCCC1=CC=CC(C)(C(C)(C)C)C1(C)C(C)(C)C. The fraction of sp³-hybridized carbons (Fsp3) is 0.800. The molecule has 2 unspecified atom stereocenters. The first-order chi connectivity index (χ1) is 8.92. The summed E-state index contributed by atoms with van der Waals surface area (Å²) in [5.74, 6) is 0. The van der Waals surface area contributed by atoms with Gasteiger partial charge in [0, 0.05) is 10.8 Å². The van der Waals surface area contributed by atoms with Gasteiger partial charge in [0.2, 0.25) is 0 Å². The van der Waals surface area contributed by atoms with Crippen molar-refractivity contribution in [2.45, 2.75) is 81.6 Å². The predicted octanol–water partition coefficient (Wildman–Crippen LogP) is 6.78. The standard InChI is InChI=1S/C20H36/c1-10-11-13-16-14-12-15-19(8,17(2,3)4)20(16,9)18(5,6)7/h12,14-15H,10-11,13H2,1-9H3. The molecule has 0 aromatic rings. The van der Waals surface area contributed by atoms with Gasteiger partial charge in [-0.2, -0.15) is 0 Å². The zero-order valence-electron chi connectivity index (χ0n) is 15.4. The van der Waals surface area contributed by atoms with Crippen molar-refractivity contribution < 1.29 is 0 Å². The Balaban J connectivity index is 3.43. The van der Waals surface area contributed by atoms with Crippen LogP contribution in [-0.2, 0) is 0 Å². The summed E-state index contributed by atoms with van der Waals surface area (Å²) in [6.07, 6.45) is 11.0. The van der Waals surface area contributed by atoms with Crippen molar-refractivity contribution in [2.24, 2.45) is 21.7 Å². The van der Waals surface area contributed by atoms with E-state index in [0.29, 0.717) is 0 Å². The Labute approximate surface area is 127 Å². The molecule has 0 amide bonds. The smallest absolute Gasteiger partial charge is 0.00285 e. The van der Waals surface area contributed by atoms with E-state index >= 15 is 0 Å². The van der Waals surface area contributed by atoms with E-state index in [-0.39, 0.29) is 21.7 Å². The third-order valence-corrected chi connectivity index (χ3v) is 6.27. The van der Waals surface area contributed by atoms with Crippen LogP contribution in [0.1, 0.15) is 81.6 Å². The molecule has 0 saturated heterocycles. The Bertz CT molecular complexity index is 397. The summed E-state index contributed by atoms with van der Waals surface area (Å²) in [5, 5.41) is 0. The van der Waals surface area contributed by atoms with Crippen LogP contribution in [0.25, 0.3) is 0 Å². The fourth-order valence-electron chi connectivity index (χ4n) is 3.98. The Kier molecular flexibility index (Phi) is 4.69. The molecule has 0 N–H and O–H groups in total. The summed E-state index contributed by atoms with van der Waals surface area (Å²) >= 11 is 0. The topological polar surface area (TPSA) is 0 Å². The molecule has 0 nitrogen and oxygen atoms in total. The van der Waals surface area contributed by atoms with Gasteiger partial charge in [-0.1, -0.05) is 92.5 Å². The molecule has 1 aliphatic rings. The maximum Gasteiger partial charge on any atom is 0.00285 e. The van der Waals surface area contributed by atoms with Crippen LogP contribution in [0.4, 0.5) is 0 Å². The number of hydrogen-bond acceptors (Lipinski definition) is 0. The number of hydrogen-bond donors (Lipinski definition) is 0. The maximum atomic E-state index is 2.50. The van der Waals surface area contributed by atoms with Crippen LogP contribution in [0.5, 0.6) is 0 Å². The van der Waals surface area contributed by atoms with Gasteiger partial charge >= 0.3 is 0 Å². The average molecular weight is 277 g/mol. The maximum absolute atomic E-state index is 2.50. The molecule has 20 heavy (non-hydrogen) atoms. The molecule has 1 aliphatic carbocycles. The van der Waals surface area contributed by atoms with E-state index in [1.807, 2.05) is 0 Å². The lowest BCUT2D eigenvalue weighted by molar-refractivity contribution is -0.0462. The molecule has 0 spiro atoms. The normalized spacial score (nSPS) is 31.4. The van der Waals surface area contributed by atoms with Crippen LogP contribution in [0.2, 0.25) is 0 Å². The molecule has 0 aromatic heterocycles. The van der Waals surface area contributed by atoms with E-state index in [9.17, 15) is 0 Å². The summed E-state index contributed by atoms with van der Waals surface area (Å²) in [7, 11) is 0. The van der Waals surface area contributed by atoms with E-state index < -0.39 is 0 Å². The minimum Gasteiger partial charge on any atom is -0.0772 e. The van der Waals surface area contributed by atoms with Gasteiger partial charge in [0.1, 0.15) is 0 Å². The van der Waals surface area contributed by atoms with E-state index in [1.54, 1.807) is 5.57 Å². The van der Waals surface area contributed by atoms with Crippen molar-refractivity contribution in [3.8, 4) is 0 Å². The van der Waals surface area contributed by atoms with Crippen LogP contribution in [0.3, 0.4) is 0 Å². The third-order valence-electron chi connectivity index (χ3n) is 6.27. The van der Waals surface area contributed by atoms with Gasteiger partial charge in [-0.25, -0.2) is 0 Å². The lowest BCUT2D eigenvalue weighted by atomic mass is 9.43. The second-order valence-electron chi connectivity index (χ2n) is 8.98. The van der Waals surface area contributed by atoms with Gasteiger partial charge in [-0.05, 0) is 23.7 Å². The monoisotopic (exact) mass is 276 g/mol. The molecule has 0 saturated carbocycles. The van der Waals surface area contributed by atoms with Gasteiger partial charge in [0.25, 0.3) is 0 Å². The average Bonchev–Trinajstić information content (AvgIpc) is 2.28. The van der Waals surface area contributed by atoms with Crippen LogP contribution in [0, 0.1) is 21.7 Å². The predicted molar refractivity (Wildman–Crippen MR) is 91.9 cm³/mol. The van der Waals surface area contributed by atoms with Crippen molar-refractivity contribution in [3.05, 3.63) is 23.8 Å². The number of rotatable bonds is 3. The van der Waals surface area contributed by atoms with Crippen molar-refractivity contribution in [1.82, 2.24) is 0 Å². The minimum atomic E-state index is 0.177. The van der Waals surface area contributed by atoms with Crippen LogP contribution < -0.4 is 0 Å². The van der Waals surface area contributed by atoms with Crippen molar-refractivity contribution in [3.63, 3.8) is 0 Å². The lowest BCUT2D eigenvalue weighted by Gasteiger charge is -2.61. The Hall–Kier alpha value is -0.520. The largest absolute Gasteiger partial charge is 0.0772 e. The van der Waals surface area contributed by atoms with Crippen molar-refractivity contribution in [2.75, 3.05) is 0 Å². The molecule has 1 rings (SSSR count). The summed E-state index contributed by atoms with van der Waals surface area (Å²) in [6.45, 7) is 21.7. The summed E-state index contributed by atoms with van der Waals surface area (Å²) < 4.78 is 0. The van der Waals surface area contributed by atoms with Crippen molar-refractivity contribution >= 4 is 0 Å². The van der Waals surface area contributed by atoms with Gasteiger partial charge in [0.05, 0.1) is 0 Å². The van der Waals surface area contributed by atoms with Gasteiger partial charge in [-0.15, -0.1) is 0 Å². The van der Waals surface area contributed by atoms with Gasteiger partial charge in [0.15, 0.2) is 0 Å². The summed E-state index contributed by atoms with van der Waals surface area (Å²) in [4.78, 5) is 0. The highest BCUT2D eigenvalue weighted by Crippen LogP contribution is 2.65.